The van der Waals surface area contributed by atoms with Gasteiger partial charge in [0.1, 0.15) is 6.04 Å². The molecule has 1 aromatic rings. The Morgan fingerprint density at radius 3 is 2.21 bits per heavy atom. The van der Waals surface area contributed by atoms with Gasteiger partial charge in [0, 0.05) is 30.6 Å². The Kier molecular flexibility index (Phi) is 7.37. The van der Waals surface area contributed by atoms with Gasteiger partial charge in [-0.1, -0.05) is 0 Å². The smallest absolute Gasteiger partial charge is 0.255 e. The zero-order valence-corrected chi connectivity index (χ0v) is 21.8. The maximum absolute atomic E-state index is 15.7. The van der Waals surface area contributed by atoms with E-state index in [0.29, 0.717) is 42.1 Å². The van der Waals surface area contributed by atoms with Crippen molar-refractivity contribution >= 4 is 23.4 Å². The van der Waals surface area contributed by atoms with Crippen LogP contribution in [0.1, 0.15) is 73.7 Å². The molecule has 0 radical (unpaired) electrons. The first-order valence-electron chi connectivity index (χ1n) is 14.2. The number of imide groups is 1. The first kappa shape index (κ1) is 25.7. The zero-order valence-electron chi connectivity index (χ0n) is 21.8. The third kappa shape index (κ3) is 5.18. The molecule has 3 amide bonds. The summed E-state index contributed by atoms with van der Waals surface area (Å²) in [5.74, 6) is -1.57. The molecular weight excluding hydrogens is 491 g/mol. The molecule has 0 aromatic heterocycles. The van der Waals surface area contributed by atoms with Crippen LogP contribution >= 0.6 is 0 Å². The summed E-state index contributed by atoms with van der Waals surface area (Å²) < 4.78 is 28.4. The van der Waals surface area contributed by atoms with Gasteiger partial charge in [-0.15, -0.1) is 0 Å². The predicted octanol–water partition coefficient (Wildman–Crippen LogP) is 2.26. The predicted molar refractivity (Wildman–Crippen MR) is 137 cm³/mol. The normalized spacial score (nSPS) is 29.2. The maximum Gasteiger partial charge on any atom is 0.255 e. The Hall–Kier alpha value is -2.56. The van der Waals surface area contributed by atoms with Crippen LogP contribution in [0.5, 0.6) is 0 Å². The number of fused-ring (bicyclic) bond motifs is 1. The Balaban J connectivity index is 1.02. The summed E-state index contributed by atoms with van der Waals surface area (Å²) in [6, 6.07) is 2.61. The van der Waals surface area contributed by atoms with E-state index in [4.69, 9.17) is 9.47 Å². The van der Waals surface area contributed by atoms with Crippen molar-refractivity contribution < 1.29 is 28.2 Å². The fourth-order valence-electron chi connectivity index (χ4n) is 6.69. The van der Waals surface area contributed by atoms with Gasteiger partial charge in [-0.05, 0) is 76.6 Å². The van der Waals surface area contributed by atoms with E-state index in [1.165, 1.54) is 4.90 Å². The monoisotopic (exact) mass is 528 g/mol. The highest BCUT2D eigenvalue weighted by atomic mass is 19.1. The molecule has 0 bridgehead atoms. The van der Waals surface area contributed by atoms with E-state index in [9.17, 15) is 14.4 Å². The van der Waals surface area contributed by atoms with Gasteiger partial charge in [-0.2, -0.15) is 0 Å². The van der Waals surface area contributed by atoms with Crippen LogP contribution < -0.4 is 15.5 Å². The van der Waals surface area contributed by atoms with Gasteiger partial charge in [0.05, 0.1) is 36.6 Å². The molecule has 6 rings (SSSR count). The van der Waals surface area contributed by atoms with Crippen molar-refractivity contribution in [1.29, 1.82) is 0 Å². The minimum Gasteiger partial charge on any atom is -0.375 e. The van der Waals surface area contributed by atoms with Crippen molar-refractivity contribution in [2.45, 2.75) is 94.8 Å². The maximum atomic E-state index is 15.7. The van der Waals surface area contributed by atoms with E-state index in [-0.39, 0.29) is 43.4 Å². The van der Waals surface area contributed by atoms with Gasteiger partial charge in [0.15, 0.2) is 5.82 Å². The van der Waals surface area contributed by atoms with Gasteiger partial charge in [-0.25, -0.2) is 4.39 Å². The average molecular weight is 529 g/mol. The molecule has 1 saturated carbocycles. The molecule has 1 aliphatic carbocycles. The number of ether oxygens (including phenoxy) is 2. The summed E-state index contributed by atoms with van der Waals surface area (Å²) >= 11 is 0. The lowest BCUT2D eigenvalue weighted by Crippen LogP contribution is -2.52. The van der Waals surface area contributed by atoms with Gasteiger partial charge < -0.3 is 24.6 Å². The molecule has 3 atom stereocenters. The fourth-order valence-corrected chi connectivity index (χ4v) is 6.69. The van der Waals surface area contributed by atoms with E-state index in [0.717, 1.165) is 58.0 Å². The number of piperidine rings is 3. The van der Waals surface area contributed by atoms with Gasteiger partial charge >= 0.3 is 0 Å². The highest BCUT2D eigenvalue weighted by Gasteiger charge is 2.41. The standard InChI is InChI=1S/C28H37FN4O5/c29-26-22-16-33(24-5-6-25(34)31-27(24)35)28(36)21(22)3-4-23(26)32-13-9-18(10-14-32)38-20-2-1-19(15-20)37-17-7-11-30-12-8-17/h3-4,17-20,24,30H,1-2,5-16H2,(H,31,34,35)/t19-,20-,24?/m1/s1. The number of halogens is 1. The van der Waals surface area contributed by atoms with Gasteiger partial charge in [0.2, 0.25) is 11.8 Å². The van der Waals surface area contributed by atoms with Crippen LogP contribution in [-0.4, -0.2) is 79.3 Å². The van der Waals surface area contributed by atoms with Gasteiger partial charge in [0.25, 0.3) is 5.91 Å². The lowest BCUT2D eigenvalue weighted by Gasteiger charge is -2.35. The molecule has 1 aromatic carbocycles. The third-order valence-electron chi connectivity index (χ3n) is 8.80. The highest BCUT2D eigenvalue weighted by Crippen LogP contribution is 2.35. The second-order valence-corrected chi connectivity index (χ2v) is 11.3. The molecule has 38 heavy (non-hydrogen) atoms. The second kappa shape index (κ2) is 10.9. The molecule has 2 N–H and O–H groups in total. The number of nitrogens with zero attached hydrogens (tertiary/aromatic N) is 2. The van der Waals surface area contributed by atoms with Crippen LogP contribution in [0.15, 0.2) is 12.1 Å². The Morgan fingerprint density at radius 2 is 1.53 bits per heavy atom. The van der Waals surface area contributed by atoms with E-state index < -0.39 is 17.8 Å². The van der Waals surface area contributed by atoms with E-state index in [1.807, 2.05) is 4.90 Å². The van der Waals surface area contributed by atoms with Gasteiger partial charge in [-0.3, -0.25) is 19.7 Å². The van der Waals surface area contributed by atoms with Crippen LogP contribution in [0.25, 0.3) is 0 Å². The van der Waals surface area contributed by atoms with E-state index >= 15 is 4.39 Å². The SMILES string of the molecule is O=C1CCC(N2Cc3c(ccc(N4CCC(O[C@@H]5CC[C@@H](OC6CCNCC6)C5)CC4)c3F)C2=O)C(=O)N1. The molecule has 9 nitrogen and oxygen atoms in total. The van der Waals surface area contributed by atoms with Crippen molar-refractivity contribution in [3.8, 4) is 0 Å². The largest absolute Gasteiger partial charge is 0.375 e. The molecule has 4 heterocycles. The molecule has 5 aliphatic rings. The molecule has 4 aliphatic heterocycles. The topological polar surface area (TPSA) is 100 Å². The van der Waals surface area contributed by atoms with Crippen LogP contribution in [-0.2, 0) is 25.6 Å². The second-order valence-electron chi connectivity index (χ2n) is 11.3. The minimum absolute atomic E-state index is 0.0436. The Labute approximate surface area is 222 Å². The summed E-state index contributed by atoms with van der Waals surface area (Å²) in [7, 11) is 0. The van der Waals surface area contributed by atoms with Crippen molar-refractivity contribution in [3.05, 3.63) is 29.1 Å². The molecule has 1 unspecified atom stereocenters. The summed E-state index contributed by atoms with van der Waals surface area (Å²) in [4.78, 5) is 40.2. The number of benzene rings is 1. The first-order chi connectivity index (χ1) is 18.5. The first-order valence-corrected chi connectivity index (χ1v) is 14.2. The number of anilines is 1. The van der Waals surface area contributed by atoms with Crippen LogP contribution in [0, 0.1) is 5.82 Å². The minimum atomic E-state index is -0.747. The summed E-state index contributed by atoms with van der Waals surface area (Å²) in [5, 5.41) is 5.67. The molecule has 0 spiro atoms. The van der Waals surface area contributed by atoms with Crippen LogP contribution in [0.4, 0.5) is 10.1 Å². The Bertz CT molecular complexity index is 1090. The molecular formula is C28H37FN4O5. The third-order valence-corrected chi connectivity index (χ3v) is 8.80. The number of rotatable bonds is 6. The lowest BCUT2D eigenvalue weighted by atomic mass is 10.0. The fraction of sp³-hybridized carbons (Fsp3) is 0.679. The Morgan fingerprint density at radius 1 is 0.842 bits per heavy atom. The van der Waals surface area contributed by atoms with Crippen LogP contribution in [0.3, 0.4) is 0 Å². The number of hydrogen-bond acceptors (Lipinski definition) is 7. The number of carbonyl (C=O) groups is 3. The van der Waals surface area contributed by atoms with Crippen molar-refractivity contribution in [2.75, 3.05) is 31.1 Å². The van der Waals surface area contributed by atoms with Crippen molar-refractivity contribution in [2.24, 2.45) is 0 Å². The summed E-state index contributed by atoms with van der Waals surface area (Å²) in [5.41, 5.74) is 1.13. The summed E-state index contributed by atoms with van der Waals surface area (Å²) in [6.45, 7) is 3.49. The highest BCUT2D eigenvalue weighted by molar-refractivity contribution is 6.05. The van der Waals surface area contributed by atoms with Crippen molar-refractivity contribution in [3.63, 3.8) is 0 Å². The van der Waals surface area contributed by atoms with Crippen LogP contribution in [0.2, 0.25) is 0 Å². The number of nitrogens with one attached hydrogen (secondary N) is 2. The van der Waals surface area contributed by atoms with E-state index in [2.05, 4.69) is 10.6 Å². The molecule has 10 heteroatoms. The number of hydrogen-bond donors (Lipinski definition) is 2. The average Bonchev–Trinajstić information content (AvgIpc) is 3.50. The van der Waals surface area contributed by atoms with Crippen molar-refractivity contribution in [1.82, 2.24) is 15.5 Å². The molecule has 3 saturated heterocycles. The zero-order chi connectivity index (χ0) is 26.2. The molecule has 4 fully saturated rings. The summed E-state index contributed by atoms with van der Waals surface area (Å²) in [6.07, 6.45) is 8.38. The molecule has 206 valence electrons. The quantitative estimate of drug-likeness (QED) is 0.547. The van der Waals surface area contributed by atoms with E-state index in [1.54, 1.807) is 12.1 Å². The number of carbonyl (C=O) groups excluding carboxylic acids is 3. The lowest BCUT2D eigenvalue weighted by molar-refractivity contribution is -0.136. The number of amides is 3.